The highest BCUT2D eigenvalue weighted by Crippen LogP contribution is 2.08. The Morgan fingerprint density at radius 1 is 0.675 bits per heavy atom. The first-order valence-electron chi connectivity index (χ1n) is 12.4. The quantitative estimate of drug-likeness (QED) is 0.135. The summed E-state index contributed by atoms with van der Waals surface area (Å²) in [4.78, 5) is 73.1. The van der Waals surface area contributed by atoms with Crippen LogP contribution in [0.5, 0.6) is 0 Å². The number of hydrogen-bond donors (Lipinski definition) is 7. The Kier molecular flexibility index (Phi) is 12.3. The van der Waals surface area contributed by atoms with Gasteiger partial charge in [-0.3, -0.25) is 24.0 Å². The predicted octanol–water partition coefficient (Wildman–Crippen LogP) is -0.922. The fourth-order valence-corrected chi connectivity index (χ4v) is 3.77. The van der Waals surface area contributed by atoms with Gasteiger partial charge in [0.2, 0.25) is 23.6 Å². The Hall–Kier alpha value is -4.78. The van der Waals surface area contributed by atoms with Gasteiger partial charge >= 0.3 is 11.9 Å². The molecule has 9 N–H and O–H groups in total. The highest BCUT2D eigenvalue weighted by molar-refractivity contribution is 5.95. The third kappa shape index (κ3) is 10.9. The molecule has 4 amide bonds. The fraction of sp³-hybridized carbons (Fsp3) is 0.333. The van der Waals surface area contributed by atoms with Gasteiger partial charge in [-0.25, -0.2) is 4.79 Å². The Bertz CT molecular complexity index is 1190. The molecule has 0 heterocycles. The minimum absolute atomic E-state index is 0.00727. The second-order valence-electron chi connectivity index (χ2n) is 9.11. The maximum Gasteiger partial charge on any atom is 0.326 e. The van der Waals surface area contributed by atoms with Gasteiger partial charge in [0.05, 0.1) is 12.5 Å². The molecule has 4 unspecified atom stereocenters. The van der Waals surface area contributed by atoms with Crippen molar-refractivity contribution >= 4 is 35.6 Å². The van der Waals surface area contributed by atoms with Gasteiger partial charge in [0.25, 0.3) is 0 Å². The van der Waals surface area contributed by atoms with E-state index in [1.165, 1.54) is 0 Å². The van der Waals surface area contributed by atoms with Crippen LogP contribution in [-0.4, -0.2) is 69.9 Å². The van der Waals surface area contributed by atoms with E-state index < -0.39 is 66.2 Å². The van der Waals surface area contributed by atoms with E-state index >= 15 is 0 Å². The van der Waals surface area contributed by atoms with Gasteiger partial charge in [-0.05, 0) is 17.5 Å². The van der Waals surface area contributed by atoms with Gasteiger partial charge in [0, 0.05) is 19.3 Å². The van der Waals surface area contributed by atoms with Crippen molar-refractivity contribution in [3.05, 3.63) is 71.8 Å². The Balaban J connectivity index is 2.26. The molecule has 0 radical (unpaired) electrons. The van der Waals surface area contributed by atoms with E-state index in [2.05, 4.69) is 16.0 Å². The Morgan fingerprint density at radius 2 is 1.12 bits per heavy atom. The third-order valence-electron chi connectivity index (χ3n) is 5.86. The summed E-state index contributed by atoms with van der Waals surface area (Å²) < 4.78 is 0. The molecule has 40 heavy (non-hydrogen) atoms. The van der Waals surface area contributed by atoms with Crippen molar-refractivity contribution < 1.29 is 39.0 Å². The average molecular weight is 556 g/mol. The van der Waals surface area contributed by atoms with Crippen molar-refractivity contribution in [3.63, 3.8) is 0 Å². The molecule has 13 heteroatoms. The van der Waals surface area contributed by atoms with E-state index in [0.717, 1.165) is 0 Å². The van der Waals surface area contributed by atoms with E-state index in [-0.39, 0.29) is 25.7 Å². The molecule has 0 fully saturated rings. The van der Waals surface area contributed by atoms with E-state index in [9.17, 15) is 33.9 Å². The van der Waals surface area contributed by atoms with Crippen LogP contribution in [0.1, 0.15) is 30.4 Å². The number of amides is 4. The molecular weight excluding hydrogens is 522 g/mol. The van der Waals surface area contributed by atoms with Crippen LogP contribution in [0, 0.1) is 0 Å². The molecule has 0 aliphatic carbocycles. The molecule has 2 aromatic carbocycles. The monoisotopic (exact) mass is 555 g/mol. The van der Waals surface area contributed by atoms with E-state index in [0.29, 0.717) is 11.1 Å². The largest absolute Gasteiger partial charge is 0.481 e. The van der Waals surface area contributed by atoms with Crippen LogP contribution in [0.15, 0.2) is 60.7 Å². The Labute approximate surface area is 230 Å². The number of carbonyl (C=O) groups excluding carboxylic acids is 4. The lowest BCUT2D eigenvalue weighted by atomic mass is 10.0. The highest BCUT2D eigenvalue weighted by Gasteiger charge is 2.31. The zero-order valence-electron chi connectivity index (χ0n) is 21.6. The molecule has 214 valence electrons. The Morgan fingerprint density at radius 3 is 1.60 bits per heavy atom. The molecule has 4 atom stereocenters. The standard InChI is InChI=1S/C27H33N5O8/c28-18(15-23(34)35)24(36)30-19(11-12-22(29)33)25(37)31-20(13-16-7-3-1-4-8-16)26(38)32-21(27(39)40)14-17-9-5-2-6-10-17/h1-10,18-21H,11-15,28H2,(H2,29,33)(H,30,36)(H,31,37)(H,32,38)(H,34,35)(H,39,40). The lowest BCUT2D eigenvalue weighted by Crippen LogP contribution is -2.58. The molecule has 0 aliphatic heterocycles. The van der Waals surface area contributed by atoms with Gasteiger partial charge in [-0.2, -0.15) is 0 Å². The van der Waals surface area contributed by atoms with Crippen molar-refractivity contribution in [1.82, 2.24) is 16.0 Å². The molecule has 0 saturated heterocycles. The first-order valence-corrected chi connectivity index (χ1v) is 12.4. The molecule has 0 saturated carbocycles. The van der Waals surface area contributed by atoms with Gasteiger partial charge in [-0.1, -0.05) is 60.7 Å². The van der Waals surface area contributed by atoms with E-state index in [1.807, 2.05) is 0 Å². The molecule has 13 nitrogen and oxygen atoms in total. The van der Waals surface area contributed by atoms with Crippen LogP contribution in [0.2, 0.25) is 0 Å². The number of hydrogen-bond acceptors (Lipinski definition) is 7. The first-order chi connectivity index (χ1) is 19.0. The van der Waals surface area contributed by atoms with Crippen molar-refractivity contribution in [2.24, 2.45) is 11.5 Å². The molecule has 0 bridgehead atoms. The zero-order valence-corrected chi connectivity index (χ0v) is 21.6. The molecule has 2 rings (SSSR count). The molecule has 2 aromatic rings. The predicted molar refractivity (Wildman–Crippen MR) is 142 cm³/mol. The fourth-order valence-electron chi connectivity index (χ4n) is 3.77. The summed E-state index contributed by atoms with van der Waals surface area (Å²) >= 11 is 0. The average Bonchev–Trinajstić information content (AvgIpc) is 2.90. The van der Waals surface area contributed by atoms with Crippen molar-refractivity contribution in [2.75, 3.05) is 0 Å². The number of aliphatic carboxylic acids is 2. The number of nitrogens with one attached hydrogen (secondary N) is 3. The maximum atomic E-state index is 13.3. The summed E-state index contributed by atoms with van der Waals surface area (Å²) in [5.74, 6) is -5.98. The van der Waals surface area contributed by atoms with Crippen LogP contribution >= 0.6 is 0 Å². The van der Waals surface area contributed by atoms with E-state index in [4.69, 9.17) is 16.6 Å². The smallest absolute Gasteiger partial charge is 0.326 e. The lowest BCUT2D eigenvalue weighted by Gasteiger charge is -2.25. The molecule has 0 aromatic heterocycles. The van der Waals surface area contributed by atoms with Crippen molar-refractivity contribution in [2.45, 2.75) is 56.3 Å². The van der Waals surface area contributed by atoms with Gasteiger partial charge in [-0.15, -0.1) is 0 Å². The lowest BCUT2D eigenvalue weighted by molar-refractivity contribution is -0.142. The zero-order chi connectivity index (χ0) is 29.7. The first kappa shape index (κ1) is 31.4. The number of carboxylic acids is 2. The molecule has 0 aliphatic rings. The van der Waals surface area contributed by atoms with Crippen LogP contribution in [-0.2, 0) is 41.6 Å². The number of rotatable bonds is 16. The number of nitrogens with two attached hydrogens (primary N) is 2. The molecule has 0 spiro atoms. The van der Waals surface area contributed by atoms with Crippen molar-refractivity contribution in [3.8, 4) is 0 Å². The van der Waals surface area contributed by atoms with Crippen LogP contribution in [0.4, 0.5) is 0 Å². The summed E-state index contributed by atoms with van der Waals surface area (Å²) in [7, 11) is 0. The summed E-state index contributed by atoms with van der Waals surface area (Å²) in [5, 5.41) is 25.9. The number of carbonyl (C=O) groups is 6. The second kappa shape index (κ2) is 15.6. The highest BCUT2D eigenvalue weighted by atomic mass is 16.4. The van der Waals surface area contributed by atoms with Gasteiger partial charge < -0.3 is 37.6 Å². The van der Waals surface area contributed by atoms with Crippen molar-refractivity contribution in [1.29, 1.82) is 0 Å². The second-order valence-corrected chi connectivity index (χ2v) is 9.11. The summed E-state index contributed by atoms with van der Waals surface area (Å²) in [6.07, 6.45) is -1.29. The van der Waals surface area contributed by atoms with Crippen LogP contribution in [0.3, 0.4) is 0 Å². The maximum absolute atomic E-state index is 13.3. The van der Waals surface area contributed by atoms with Crippen LogP contribution < -0.4 is 27.4 Å². The number of benzene rings is 2. The number of primary amides is 1. The minimum Gasteiger partial charge on any atom is -0.481 e. The minimum atomic E-state index is -1.47. The molecular formula is C27H33N5O8. The van der Waals surface area contributed by atoms with Crippen LogP contribution in [0.25, 0.3) is 0 Å². The topological polar surface area (TPSA) is 231 Å². The third-order valence-corrected chi connectivity index (χ3v) is 5.86. The van der Waals surface area contributed by atoms with Gasteiger partial charge in [0.1, 0.15) is 18.1 Å². The number of carboxylic acid groups (broad SMARTS) is 2. The van der Waals surface area contributed by atoms with E-state index in [1.54, 1.807) is 60.7 Å². The summed E-state index contributed by atoms with van der Waals surface area (Å²) in [6.45, 7) is 0. The summed E-state index contributed by atoms with van der Waals surface area (Å²) in [6, 6.07) is 11.9. The SMILES string of the molecule is NC(=O)CCC(NC(=O)C(N)CC(=O)O)C(=O)NC(Cc1ccccc1)C(=O)NC(Cc1ccccc1)C(=O)O. The summed E-state index contributed by atoms with van der Waals surface area (Å²) in [5.41, 5.74) is 12.1. The normalized spacial score (nSPS) is 13.6. The van der Waals surface area contributed by atoms with Gasteiger partial charge in [0.15, 0.2) is 0 Å².